The van der Waals surface area contributed by atoms with Gasteiger partial charge >= 0.3 is 0 Å². The van der Waals surface area contributed by atoms with Gasteiger partial charge in [0.1, 0.15) is 0 Å². The summed E-state index contributed by atoms with van der Waals surface area (Å²) in [7, 11) is 1.87. The maximum absolute atomic E-state index is 11.7. The third-order valence-electron chi connectivity index (χ3n) is 4.33. The molecular formula is C15H18BrNO. The first-order chi connectivity index (χ1) is 8.66. The van der Waals surface area contributed by atoms with Gasteiger partial charge in [-0.2, -0.15) is 0 Å². The summed E-state index contributed by atoms with van der Waals surface area (Å²) in [6.45, 7) is 0. The van der Waals surface area contributed by atoms with E-state index in [0.29, 0.717) is 11.2 Å². The van der Waals surface area contributed by atoms with Gasteiger partial charge in [0.05, 0.1) is 0 Å². The summed E-state index contributed by atoms with van der Waals surface area (Å²) in [5.41, 5.74) is 3.78. The van der Waals surface area contributed by atoms with Crippen molar-refractivity contribution in [3.8, 4) is 0 Å². The Hall–Kier alpha value is -0.830. The standard InChI is InChI=1S/C15H18BrNO/c1-17-13-7-5-12(15(16)10-3-2-4-10)9-11(13)6-8-14(17)18/h5,7,9-10,15H,2-4,6,8H2,1H3. The highest BCUT2D eigenvalue weighted by molar-refractivity contribution is 9.09. The first kappa shape index (κ1) is 12.2. The molecule has 2 aliphatic rings. The maximum atomic E-state index is 11.7. The van der Waals surface area contributed by atoms with Gasteiger partial charge in [-0.25, -0.2) is 0 Å². The zero-order valence-electron chi connectivity index (χ0n) is 10.7. The molecule has 1 aromatic carbocycles. The summed E-state index contributed by atoms with van der Waals surface area (Å²) in [5, 5.41) is 0. The van der Waals surface area contributed by atoms with Crippen LogP contribution in [0.5, 0.6) is 0 Å². The smallest absolute Gasteiger partial charge is 0.227 e. The normalized spacial score (nSPS) is 21.4. The lowest BCUT2D eigenvalue weighted by Crippen LogP contribution is -2.31. The fourth-order valence-corrected chi connectivity index (χ4v) is 3.67. The van der Waals surface area contributed by atoms with Crippen LogP contribution >= 0.6 is 15.9 Å². The van der Waals surface area contributed by atoms with Crippen LogP contribution in [0.15, 0.2) is 18.2 Å². The molecule has 1 aliphatic heterocycles. The quantitative estimate of drug-likeness (QED) is 0.760. The molecule has 1 fully saturated rings. The van der Waals surface area contributed by atoms with Crippen LogP contribution in [0.3, 0.4) is 0 Å². The van der Waals surface area contributed by atoms with Crippen molar-refractivity contribution in [1.82, 2.24) is 0 Å². The number of hydrogen-bond donors (Lipinski definition) is 0. The van der Waals surface area contributed by atoms with Crippen molar-refractivity contribution in [3.63, 3.8) is 0 Å². The van der Waals surface area contributed by atoms with Crippen LogP contribution in [-0.4, -0.2) is 13.0 Å². The van der Waals surface area contributed by atoms with Crippen molar-refractivity contribution in [2.75, 3.05) is 11.9 Å². The average Bonchev–Trinajstić information content (AvgIpc) is 2.31. The highest BCUT2D eigenvalue weighted by Gasteiger charge is 2.28. The van der Waals surface area contributed by atoms with Gasteiger partial charge in [-0.15, -0.1) is 0 Å². The van der Waals surface area contributed by atoms with Crippen molar-refractivity contribution >= 4 is 27.5 Å². The highest BCUT2D eigenvalue weighted by Crippen LogP contribution is 2.44. The second-order valence-electron chi connectivity index (χ2n) is 5.43. The molecule has 1 amide bonds. The van der Waals surface area contributed by atoms with E-state index in [1.165, 1.54) is 30.4 Å². The lowest BCUT2D eigenvalue weighted by atomic mass is 9.80. The molecule has 1 saturated carbocycles. The Balaban J connectivity index is 1.89. The number of anilines is 1. The molecule has 2 nitrogen and oxygen atoms in total. The van der Waals surface area contributed by atoms with E-state index in [1.807, 2.05) is 7.05 Å². The van der Waals surface area contributed by atoms with Crippen molar-refractivity contribution in [2.24, 2.45) is 5.92 Å². The predicted molar refractivity (Wildman–Crippen MR) is 77.2 cm³/mol. The summed E-state index contributed by atoms with van der Waals surface area (Å²) in [6.07, 6.45) is 5.58. The van der Waals surface area contributed by atoms with E-state index in [2.05, 4.69) is 34.1 Å². The van der Waals surface area contributed by atoms with Gasteiger partial charge < -0.3 is 4.90 Å². The molecule has 96 valence electrons. The van der Waals surface area contributed by atoms with Crippen LogP contribution in [0.2, 0.25) is 0 Å². The number of benzene rings is 1. The van der Waals surface area contributed by atoms with Crippen LogP contribution in [0.1, 0.15) is 41.6 Å². The SMILES string of the molecule is CN1C(=O)CCc2cc(C(Br)C3CCC3)ccc21. The molecule has 1 atom stereocenters. The lowest BCUT2D eigenvalue weighted by molar-refractivity contribution is -0.118. The lowest BCUT2D eigenvalue weighted by Gasteiger charge is -2.32. The minimum absolute atomic E-state index is 0.227. The Bertz CT molecular complexity index is 481. The number of carbonyl (C=O) groups excluding carboxylic acids is 1. The number of carbonyl (C=O) groups is 1. The number of rotatable bonds is 2. The van der Waals surface area contributed by atoms with Crippen molar-refractivity contribution in [2.45, 2.75) is 36.9 Å². The number of nitrogens with zero attached hydrogens (tertiary/aromatic N) is 1. The zero-order chi connectivity index (χ0) is 12.7. The number of alkyl halides is 1. The van der Waals surface area contributed by atoms with Crippen LogP contribution in [0, 0.1) is 5.92 Å². The molecule has 1 heterocycles. The Morgan fingerprint density at radius 2 is 2.11 bits per heavy atom. The Morgan fingerprint density at radius 1 is 1.33 bits per heavy atom. The van der Waals surface area contributed by atoms with Crippen molar-refractivity contribution < 1.29 is 4.79 Å². The van der Waals surface area contributed by atoms with Crippen LogP contribution in [0.25, 0.3) is 0 Å². The third kappa shape index (κ3) is 1.99. The van der Waals surface area contributed by atoms with Gasteiger partial charge in [0, 0.05) is 24.0 Å². The molecule has 1 unspecified atom stereocenters. The molecule has 1 aliphatic carbocycles. The number of halogens is 1. The fraction of sp³-hybridized carbons (Fsp3) is 0.533. The van der Waals surface area contributed by atoms with Gasteiger partial charge in [-0.1, -0.05) is 34.5 Å². The minimum Gasteiger partial charge on any atom is -0.315 e. The van der Waals surface area contributed by atoms with Gasteiger partial charge in [-0.05, 0) is 42.4 Å². The Morgan fingerprint density at radius 3 is 2.78 bits per heavy atom. The topological polar surface area (TPSA) is 20.3 Å². The second-order valence-corrected chi connectivity index (χ2v) is 6.42. The van der Waals surface area contributed by atoms with E-state index in [-0.39, 0.29) is 5.91 Å². The molecule has 3 rings (SSSR count). The van der Waals surface area contributed by atoms with Gasteiger partial charge in [-0.3, -0.25) is 4.79 Å². The molecule has 3 heteroatoms. The largest absolute Gasteiger partial charge is 0.315 e. The minimum atomic E-state index is 0.227. The summed E-state index contributed by atoms with van der Waals surface area (Å²) in [6, 6.07) is 6.57. The molecule has 0 bridgehead atoms. The van der Waals surface area contributed by atoms with Gasteiger partial charge in [0.2, 0.25) is 5.91 Å². The molecule has 1 aromatic rings. The molecular weight excluding hydrogens is 290 g/mol. The van der Waals surface area contributed by atoms with Gasteiger partial charge in [0.25, 0.3) is 0 Å². The van der Waals surface area contributed by atoms with Crippen molar-refractivity contribution in [3.05, 3.63) is 29.3 Å². The molecule has 0 aromatic heterocycles. The Kier molecular flexibility index (Phi) is 3.18. The number of aryl methyl sites for hydroxylation is 1. The predicted octanol–water partition coefficient (Wildman–Crippen LogP) is 3.83. The van der Waals surface area contributed by atoms with E-state index in [4.69, 9.17) is 0 Å². The maximum Gasteiger partial charge on any atom is 0.227 e. The monoisotopic (exact) mass is 307 g/mol. The zero-order valence-corrected chi connectivity index (χ0v) is 12.2. The van der Waals surface area contributed by atoms with E-state index in [1.54, 1.807) is 4.90 Å². The summed E-state index contributed by atoms with van der Waals surface area (Å²) >= 11 is 3.84. The molecule has 0 radical (unpaired) electrons. The van der Waals surface area contributed by atoms with E-state index >= 15 is 0 Å². The van der Waals surface area contributed by atoms with E-state index in [0.717, 1.165) is 18.0 Å². The fourth-order valence-electron chi connectivity index (χ4n) is 2.85. The molecule has 0 saturated heterocycles. The third-order valence-corrected chi connectivity index (χ3v) is 5.61. The summed E-state index contributed by atoms with van der Waals surface area (Å²) < 4.78 is 0. The first-order valence-electron chi connectivity index (χ1n) is 6.70. The van der Waals surface area contributed by atoms with Crippen LogP contribution in [-0.2, 0) is 11.2 Å². The Labute approximate surface area is 116 Å². The van der Waals surface area contributed by atoms with E-state index < -0.39 is 0 Å². The van der Waals surface area contributed by atoms with Gasteiger partial charge in [0.15, 0.2) is 0 Å². The average molecular weight is 308 g/mol. The summed E-state index contributed by atoms with van der Waals surface area (Å²) in [5.74, 6) is 1.02. The summed E-state index contributed by atoms with van der Waals surface area (Å²) in [4.78, 5) is 13.9. The number of hydrogen-bond acceptors (Lipinski definition) is 1. The van der Waals surface area contributed by atoms with Crippen molar-refractivity contribution in [1.29, 1.82) is 0 Å². The molecule has 18 heavy (non-hydrogen) atoms. The first-order valence-corrected chi connectivity index (χ1v) is 7.62. The highest BCUT2D eigenvalue weighted by atomic mass is 79.9. The van der Waals surface area contributed by atoms with Crippen LogP contribution < -0.4 is 4.90 Å². The van der Waals surface area contributed by atoms with E-state index in [9.17, 15) is 4.79 Å². The molecule has 0 N–H and O–H groups in total. The number of fused-ring (bicyclic) bond motifs is 1. The number of amides is 1. The molecule has 0 spiro atoms. The second kappa shape index (κ2) is 4.69. The van der Waals surface area contributed by atoms with Crippen LogP contribution in [0.4, 0.5) is 5.69 Å².